The summed E-state index contributed by atoms with van der Waals surface area (Å²) in [7, 11) is 0. The Balaban J connectivity index is 1.95. The second-order valence-corrected chi connectivity index (χ2v) is 6.34. The first-order valence-corrected chi connectivity index (χ1v) is 7.08. The van der Waals surface area contributed by atoms with E-state index >= 15 is 0 Å². The molecule has 2 rings (SSSR count). The quantitative estimate of drug-likeness (QED) is 0.801. The highest BCUT2D eigenvalue weighted by atomic mass is 16.2. The number of amides is 1. The number of likely N-dealkylation sites (tertiary alicyclic amines) is 1. The fourth-order valence-electron chi connectivity index (χ4n) is 3.33. The predicted octanol–water partition coefficient (Wildman–Crippen LogP) is 2.15. The molecule has 0 radical (unpaired) electrons. The van der Waals surface area contributed by atoms with Gasteiger partial charge < -0.3 is 10.6 Å². The van der Waals surface area contributed by atoms with Crippen molar-refractivity contribution in [3.8, 4) is 0 Å². The Hall–Kier alpha value is -0.570. The smallest absolute Gasteiger partial charge is 0.239 e. The van der Waals surface area contributed by atoms with E-state index in [4.69, 9.17) is 5.73 Å². The van der Waals surface area contributed by atoms with Crippen molar-refractivity contribution in [3.63, 3.8) is 0 Å². The molecule has 1 atom stereocenters. The number of nitrogens with zero attached hydrogens (tertiary/aromatic N) is 1. The minimum absolute atomic E-state index is 0.169. The van der Waals surface area contributed by atoms with Crippen LogP contribution in [-0.4, -0.2) is 29.9 Å². The number of hydrogen-bond donors (Lipinski definition) is 1. The molecule has 1 aliphatic carbocycles. The van der Waals surface area contributed by atoms with Gasteiger partial charge >= 0.3 is 0 Å². The molecule has 3 heteroatoms. The molecule has 0 aromatic carbocycles. The van der Waals surface area contributed by atoms with Gasteiger partial charge in [0.2, 0.25) is 5.91 Å². The van der Waals surface area contributed by atoms with Gasteiger partial charge in [0.15, 0.2) is 0 Å². The molecule has 2 N–H and O–H groups in total. The van der Waals surface area contributed by atoms with Crippen LogP contribution in [0.4, 0.5) is 0 Å². The van der Waals surface area contributed by atoms with Gasteiger partial charge in [0, 0.05) is 13.1 Å². The van der Waals surface area contributed by atoms with Gasteiger partial charge in [0.25, 0.3) is 0 Å². The number of nitrogens with two attached hydrogens (primary N) is 1. The number of hydrogen-bond acceptors (Lipinski definition) is 2. The highest BCUT2D eigenvalue weighted by Gasteiger charge is 2.41. The van der Waals surface area contributed by atoms with Crippen LogP contribution < -0.4 is 5.73 Å². The van der Waals surface area contributed by atoms with Crippen molar-refractivity contribution in [2.75, 3.05) is 13.1 Å². The third-order valence-electron chi connectivity index (χ3n) is 4.67. The maximum atomic E-state index is 12.2. The zero-order valence-electron chi connectivity index (χ0n) is 11.2. The largest absolute Gasteiger partial charge is 0.341 e. The number of carbonyl (C=O) groups excluding carboxylic acids is 1. The first-order chi connectivity index (χ1) is 8.04. The van der Waals surface area contributed by atoms with Gasteiger partial charge in [-0.15, -0.1) is 0 Å². The second kappa shape index (κ2) is 4.97. The normalized spacial score (nSPS) is 25.5. The van der Waals surface area contributed by atoms with Gasteiger partial charge in [-0.2, -0.15) is 0 Å². The van der Waals surface area contributed by atoms with Crippen LogP contribution in [0.2, 0.25) is 0 Å². The Morgan fingerprint density at radius 3 is 2.41 bits per heavy atom. The van der Waals surface area contributed by atoms with Crippen LogP contribution in [0.3, 0.4) is 0 Å². The molecule has 1 aliphatic heterocycles. The molecule has 1 saturated heterocycles. The van der Waals surface area contributed by atoms with E-state index in [1.807, 2.05) is 18.7 Å². The van der Waals surface area contributed by atoms with E-state index < -0.39 is 0 Å². The molecule has 17 heavy (non-hydrogen) atoms. The molecule has 1 amide bonds. The van der Waals surface area contributed by atoms with Gasteiger partial charge in [-0.25, -0.2) is 0 Å². The fourth-order valence-corrected chi connectivity index (χ4v) is 3.33. The lowest BCUT2D eigenvalue weighted by Crippen LogP contribution is -2.46. The van der Waals surface area contributed by atoms with E-state index in [1.54, 1.807) is 0 Å². The summed E-state index contributed by atoms with van der Waals surface area (Å²) in [6.07, 6.45) is 7.89. The zero-order chi connectivity index (χ0) is 12.5. The van der Waals surface area contributed by atoms with Gasteiger partial charge in [-0.3, -0.25) is 4.79 Å². The Morgan fingerprint density at radius 2 is 1.82 bits per heavy atom. The topological polar surface area (TPSA) is 46.3 Å². The van der Waals surface area contributed by atoms with Gasteiger partial charge in [0.05, 0.1) is 6.04 Å². The van der Waals surface area contributed by atoms with E-state index in [1.165, 1.54) is 38.5 Å². The van der Waals surface area contributed by atoms with Crippen molar-refractivity contribution in [3.05, 3.63) is 0 Å². The molecule has 1 heterocycles. The molecule has 0 aromatic rings. The maximum Gasteiger partial charge on any atom is 0.239 e. The fraction of sp³-hybridized carbons (Fsp3) is 0.929. The van der Waals surface area contributed by atoms with Crippen molar-refractivity contribution in [1.82, 2.24) is 4.90 Å². The lowest BCUT2D eigenvalue weighted by atomic mass is 9.73. The first-order valence-electron chi connectivity index (χ1n) is 7.08. The Morgan fingerprint density at radius 1 is 1.18 bits per heavy atom. The molecule has 3 nitrogen and oxygen atoms in total. The Labute approximate surface area is 105 Å². The predicted molar refractivity (Wildman–Crippen MR) is 69.5 cm³/mol. The molecule has 2 aliphatic rings. The average Bonchev–Trinajstić information content (AvgIpc) is 2.72. The van der Waals surface area contributed by atoms with Crippen LogP contribution in [0, 0.1) is 11.3 Å². The van der Waals surface area contributed by atoms with E-state index in [-0.39, 0.29) is 17.9 Å². The van der Waals surface area contributed by atoms with Crippen LogP contribution in [0.25, 0.3) is 0 Å². The molecule has 0 bridgehead atoms. The molecule has 0 unspecified atom stereocenters. The third kappa shape index (κ3) is 2.65. The first kappa shape index (κ1) is 12.9. The van der Waals surface area contributed by atoms with Crippen molar-refractivity contribution >= 4 is 5.91 Å². The van der Waals surface area contributed by atoms with Crippen LogP contribution in [0.15, 0.2) is 0 Å². The Kier molecular flexibility index (Phi) is 3.76. The monoisotopic (exact) mass is 238 g/mol. The van der Waals surface area contributed by atoms with E-state index in [0.717, 1.165) is 13.1 Å². The Bertz CT molecular complexity index is 282. The maximum absolute atomic E-state index is 12.2. The van der Waals surface area contributed by atoms with Crippen LogP contribution in [-0.2, 0) is 4.79 Å². The van der Waals surface area contributed by atoms with Crippen molar-refractivity contribution in [1.29, 1.82) is 0 Å². The third-order valence-corrected chi connectivity index (χ3v) is 4.67. The highest BCUT2D eigenvalue weighted by Crippen LogP contribution is 2.43. The van der Waals surface area contributed by atoms with Crippen LogP contribution in [0.5, 0.6) is 0 Å². The highest BCUT2D eigenvalue weighted by molar-refractivity contribution is 5.82. The van der Waals surface area contributed by atoms with Crippen molar-refractivity contribution in [2.45, 2.75) is 58.4 Å². The molecule has 98 valence electrons. The average molecular weight is 238 g/mol. The van der Waals surface area contributed by atoms with Crippen molar-refractivity contribution < 1.29 is 4.79 Å². The van der Waals surface area contributed by atoms with Gasteiger partial charge in [-0.05, 0) is 30.6 Å². The lowest BCUT2D eigenvalue weighted by Gasteiger charge is -2.33. The summed E-state index contributed by atoms with van der Waals surface area (Å²) in [6.45, 7) is 5.94. The molecule has 2 fully saturated rings. The van der Waals surface area contributed by atoms with E-state index in [2.05, 4.69) is 0 Å². The summed E-state index contributed by atoms with van der Waals surface area (Å²) in [4.78, 5) is 14.2. The summed E-state index contributed by atoms with van der Waals surface area (Å²) in [5.41, 5.74) is 6.42. The summed E-state index contributed by atoms with van der Waals surface area (Å²) < 4.78 is 0. The molecule has 1 saturated carbocycles. The van der Waals surface area contributed by atoms with Crippen LogP contribution >= 0.6 is 0 Å². The summed E-state index contributed by atoms with van der Waals surface area (Å²) in [6, 6.07) is -0.311. The van der Waals surface area contributed by atoms with Gasteiger partial charge in [0.1, 0.15) is 0 Å². The van der Waals surface area contributed by atoms with Crippen molar-refractivity contribution in [2.24, 2.45) is 17.1 Å². The number of carbonyl (C=O) groups is 1. The molecule has 1 spiro atoms. The SMILES string of the molecule is CC(C)[C@H](N)C(=O)N1CCC2(CCCCC2)C1. The number of rotatable bonds is 2. The molecular weight excluding hydrogens is 212 g/mol. The summed E-state index contributed by atoms with van der Waals surface area (Å²) >= 11 is 0. The van der Waals surface area contributed by atoms with Crippen LogP contribution in [0.1, 0.15) is 52.4 Å². The second-order valence-electron chi connectivity index (χ2n) is 6.34. The minimum atomic E-state index is -0.311. The van der Waals surface area contributed by atoms with E-state index in [9.17, 15) is 4.79 Å². The van der Waals surface area contributed by atoms with Gasteiger partial charge in [-0.1, -0.05) is 33.1 Å². The minimum Gasteiger partial charge on any atom is -0.341 e. The summed E-state index contributed by atoms with van der Waals surface area (Å²) in [5.74, 6) is 0.410. The lowest BCUT2D eigenvalue weighted by molar-refractivity contribution is -0.133. The zero-order valence-corrected chi connectivity index (χ0v) is 11.2. The standard InChI is InChI=1S/C14H26N2O/c1-11(2)12(15)13(17)16-9-8-14(10-16)6-4-3-5-7-14/h11-12H,3-10,15H2,1-2H3/t12-/m0/s1. The molecular formula is C14H26N2O. The molecule has 0 aromatic heterocycles. The summed E-state index contributed by atoms with van der Waals surface area (Å²) in [5, 5.41) is 0. The van der Waals surface area contributed by atoms with E-state index in [0.29, 0.717) is 5.41 Å².